The van der Waals surface area contributed by atoms with Crippen molar-refractivity contribution in [3.63, 3.8) is 0 Å². The number of ether oxygens (including phenoxy) is 2. The number of carbonyl (C=O) groups excluding carboxylic acids is 1. The number of methoxy groups -OCH3 is 1. The number of anilines is 3. The van der Waals surface area contributed by atoms with Crippen LogP contribution in [0.15, 0.2) is 71.5 Å². The molecule has 0 aliphatic rings. The Kier molecular flexibility index (Phi) is 15.0. The molecule has 242 valence electrons. The minimum absolute atomic E-state index is 0.0405. The molecule has 3 aromatic carbocycles. The van der Waals surface area contributed by atoms with Gasteiger partial charge in [-0.1, -0.05) is 70.8 Å². The minimum Gasteiger partial charge on any atom is -0.497 e. The van der Waals surface area contributed by atoms with Crippen molar-refractivity contribution >= 4 is 35.0 Å². The minimum atomic E-state index is -0.517. The molecule has 0 unspecified atom stereocenters. The first-order valence-electron chi connectivity index (χ1n) is 15.1. The Hall–Kier alpha value is -4.44. The number of pyridine rings is 1. The van der Waals surface area contributed by atoms with Crippen molar-refractivity contribution in [2.75, 3.05) is 22.9 Å². The van der Waals surface area contributed by atoms with E-state index in [0.717, 1.165) is 28.1 Å². The molecule has 0 radical (unpaired) electrons. The number of carbonyl (C=O) groups is 1. The van der Waals surface area contributed by atoms with E-state index >= 15 is 0 Å². The average Bonchev–Trinajstić information content (AvgIpc) is 3.06. The van der Waals surface area contributed by atoms with E-state index in [2.05, 4.69) is 15.4 Å². The largest absolute Gasteiger partial charge is 0.497 e. The summed E-state index contributed by atoms with van der Waals surface area (Å²) >= 11 is 1.54. The lowest BCUT2D eigenvalue weighted by Gasteiger charge is -2.20. The molecule has 3 N–H and O–H groups in total. The van der Waals surface area contributed by atoms with E-state index in [0.29, 0.717) is 11.5 Å². The number of aryl methyl sites for hydroxylation is 1. The van der Waals surface area contributed by atoms with Crippen molar-refractivity contribution in [1.29, 1.82) is 0 Å². The normalized spacial score (nSPS) is 10.0. The predicted octanol–water partition coefficient (Wildman–Crippen LogP) is 8.75. The van der Waals surface area contributed by atoms with Gasteiger partial charge in [-0.3, -0.25) is 14.2 Å². The molecule has 1 aromatic heterocycles. The van der Waals surface area contributed by atoms with Gasteiger partial charge in [-0.05, 0) is 61.4 Å². The molecule has 0 atom stereocenters. The van der Waals surface area contributed by atoms with Gasteiger partial charge in [0.1, 0.15) is 34.4 Å². The standard InChI is InChI=1S/C31H33FN4O4S.2C2H6/c1-6-41-35-24-8-7-9-26(20(24)3)40-27-17-28(37)36(4)30(34-25-15-10-19(2)16-23(25)32)29(27)31(38)33-18-21-11-13-22(39-5)14-12-21;2*1-2/h7-17,34-35H,6,18H2,1-5H3,(H,33,38);2*1-2H3. The molecule has 0 aliphatic carbocycles. The zero-order chi connectivity index (χ0) is 33.5. The van der Waals surface area contributed by atoms with E-state index in [9.17, 15) is 14.0 Å². The van der Waals surface area contributed by atoms with E-state index in [1.807, 2.05) is 65.8 Å². The highest BCUT2D eigenvalue weighted by Gasteiger charge is 2.24. The lowest BCUT2D eigenvalue weighted by Crippen LogP contribution is -2.29. The fourth-order valence-corrected chi connectivity index (χ4v) is 4.61. The second-order valence-electron chi connectivity index (χ2n) is 9.33. The maximum absolute atomic E-state index is 14.9. The molecular weight excluding hydrogens is 591 g/mol. The van der Waals surface area contributed by atoms with Crippen molar-refractivity contribution in [3.05, 3.63) is 105 Å². The summed E-state index contributed by atoms with van der Waals surface area (Å²) in [5.41, 5.74) is 2.97. The van der Waals surface area contributed by atoms with Crippen LogP contribution in [0, 0.1) is 19.7 Å². The van der Waals surface area contributed by atoms with Crippen LogP contribution in [0.3, 0.4) is 0 Å². The molecule has 45 heavy (non-hydrogen) atoms. The first kappa shape index (κ1) is 36.8. The van der Waals surface area contributed by atoms with Crippen molar-refractivity contribution in [2.24, 2.45) is 7.05 Å². The summed E-state index contributed by atoms with van der Waals surface area (Å²) in [5, 5.41) is 5.87. The van der Waals surface area contributed by atoms with Gasteiger partial charge in [-0.2, -0.15) is 0 Å². The summed E-state index contributed by atoms with van der Waals surface area (Å²) in [6.45, 7) is 13.9. The summed E-state index contributed by atoms with van der Waals surface area (Å²) < 4.78 is 30.9. The Labute approximate surface area is 270 Å². The molecule has 4 aromatic rings. The van der Waals surface area contributed by atoms with E-state index in [4.69, 9.17) is 9.47 Å². The third-order valence-corrected chi connectivity index (χ3v) is 7.10. The van der Waals surface area contributed by atoms with Gasteiger partial charge in [0, 0.05) is 31.0 Å². The monoisotopic (exact) mass is 636 g/mol. The Morgan fingerprint density at radius 3 is 2.24 bits per heavy atom. The summed E-state index contributed by atoms with van der Waals surface area (Å²) in [6, 6.07) is 18.7. The smallest absolute Gasteiger partial charge is 0.259 e. The Morgan fingerprint density at radius 2 is 1.62 bits per heavy atom. The molecule has 10 heteroatoms. The van der Waals surface area contributed by atoms with Gasteiger partial charge in [0.05, 0.1) is 18.5 Å². The van der Waals surface area contributed by atoms with Crippen LogP contribution in [0.4, 0.5) is 21.6 Å². The van der Waals surface area contributed by atoms with Crippen LogP contribution >= 0.6 is 11.9 Å². The molecule has 0 spiro atoms. The van der Waals surface area contributed by atoms with Gasteiger partial charge in [0.25, 0.3) is 11.5 Å². The van der Waals surface area contributed by atoms with Crippen molar-refractivity contribution in [3.8, 4) is 17.2 Å². The van der Waals surface area contributed by atoms with Crippen LogP contribution in [0.25, 0.3) is 0 Å². The first-order valence-corrected chi connectivity index (χ1v) is 16.0. The Balaban J connectivity index is 0.00000169. The van der Waals surface area contributed by atoms with Crippen LogP contribution in [-0.2, 0) is 13.6 Å². The molecule has 4 rings (SSSR count). The van der Waals surface area contributed by atoms with Crippen LogP contribution in [0.5, 0.6) is 17.2 Å². The summed E-state index contributed by atoms with van der Waals surface area (Å²) in [5.74, 6) is 1.14. The number of nitrogens with one attached hydrogen (secondary N) is 3. The maximum atomic E-state index is 14.9. The van der Waals surface area contributed by atoms with Gasteiger partial charge in [-0.15, -0.1) is 0 Å². The lowest BCUT2D eigenvalue weighted by molar-refractivity contribution is 0.0948. The third-order valence-electron chi connectivity index (χ3n) is 6.45. The number of benzene rings is 3. The van der Waals surface area contributed by atoms with E-state index in [1.54, 1.807) is 44.4 Å². The zero-order valence-electron chi connectivity index (χ0n) is 27.6. The van der Waals surface area contributed by atoms with Crippen molar-refractivity contribution in [1.82, 2.24) is 9.88 Å². The third kappa shape index (κ3) is 9.78. The average molecular weight is 637 g/mol. The highest BCUT2D eigenvalue weighted by Crippen LogP contribution is 2.35. The summed E-state index contributed by atoms with van der Waals surface area (Å²) in [7, 11) is 3.10. The number of nitrogens with zero attached hydrogens (tertiary/aromatic N) is 1. The van der Waals surface area contributed by atoms with Crippen LogP contribution in [-0.4, -0.2) is 23.3 Å². The zero-order valence-corrected chi connectivity index (χ0v) is 28.4. The number of hydrogen-bond acceptors (Lipinski definition) is 7. The van der Waals surface area contributed by atoms with Crippen molar-refractivity contribution < 1.29 is 18.7 Å². The summed E-state index contributed by atoms with van der Waals surface area (Å²) in [6.07, 6.45) is 0. The highest BCUT2D eigenvalue weighted by molar-refractivity contribution is 8.00. The number of rotatable bonds is 11. The van der Waals surface area contributed by atoms with Gasteiger partial charge in [-0.25, -0.2) is 4.39 Å². The highest BCUT2D eigenvalue weighted by atomic mass is 32.2. The number of amides is 1. The first-order chi connectivity index (χ1) is 21.7. The Morgan fingerprint density at radius 1 is 0.933 bits per heavy atom. The van der Waals surface area contributed by atoms with Crippen LogP contribution in [0.1, 0.15) is 61.7 Å². The van der Waals surface area contributed by atoms with Crippen LogP contribution < -0.4 is 30.4 Å². The predicted molar refractivity (Wildman–Crippen MR) is 186 cm³/mol. The van der Waals surface area contributed by atoms with Crippen molar-refractivity contribution in [2.45, 2.75) is 55.0 Å². The molecule has 1 heterocycles. The topological polar surface area (TPSA) is 93.6 Å². The molecule has 0 saturated carbocycles. The summed E-state index contributed by atoms with van der Waals surface area (Å²) in [4.78, 5) is 26.9. The number of halogens is 1. The Bertz CT molecular complexity index is 1610. The van der Waals surface area contributed by atoms with Gasteiger partial charge < -0.3 is 24.8 Å². The van der Waals surface area contributed by atoms with Gasteiger partial charge >= 0.3 is 0 Å². The maximum Gasteiger partial charge on any atom is 0.259 e. The number of aromatic nitrogens is 1. The van der Waals surface area contributed by atoms with E-state index < -0.39 is 17.3 Å². The molecule has 0 aliphatic heterocycles. The second kappa shape index (κ2) is 18.4. The van der Waals surface area contributed by atoms with Gasteiger partial charge in [0.2, 0.25) is 0 Å². The van der Waals surface area contributed by atoms with E-state index in [-0.39, 0.29) is 29.4 Å². The fraction of sp³-hybridized carbons (Fsp3) is 0.314. The van der Waals surface area contributed by atoms with Crippen LogP contribution in [0.2, 0.25) is 0 Å². The van der Waals surface area contributed by atoms with E-state index in [1.165, 1.54) is 35.7 Å². The fourth-order valence-electron chi connectivity index (χ4n) is 4.09. The molecule has 0 saturated heterocycles. The number of hydrogen-bond donors (Lipinski definition) is 3. The molecule has 8 nitrogen and oxygen atoms in total. The molecule has 1 amide bonds. The molecule has 0 fully saturated rings. The SMILES string of the molecule is CC.CC.CCSNc1cccc(Oc2cc(=O)n(C)c(Nc3ccc(C)cc3F)c2C(=O)NCc2ccc(OC)cc2)c1C. The second-order valence-corrected chi connectivity index (χ2v) is 10.4. The molecular formula is C35H45FN4O4S. The van der Waals surface area contributed by atoms with Gasteiger partial charge in [0.15, 0.2) is 0 Å². The molecule has 0 bridgehead atoms. The quantitative estimate of drug-likeness (QED) is 0.142. The lowest BCUT2D eigenvalue weighted by atomic mass is 10.1.